The third-order valence-corrected chi connectivity index (χ3v) is 3.62. The van der Waals surface area contributed by atoms with E-state index in [1.54, 1.807) is 20.1 Å². The van der Waals surface area contributed by atoms with Crippen LogP contribution in [0.3, 0.4) is 0 Å². The topological polar surface area (TPSA) is 35.5 Å². The van der Waals surface area contributed by atoms with Gasteiger partial charge in [0.15, 0.2) is 0 Å². The van der Waals surface area contributed by atoms with Gasteiger partial charge in [-0.15, -0.1) is 0 Å². The molecule has 2 aromatic rings. The molecule has 0 N–H and O–H groups in total. The molecule has 2 aromatic carbocycles. The molecule has 0 aliphatic heterocycles. The van der Waals surface area contributed by atoms with Crippen LogP contribution in [0.5, 0.6) is 5.75 Å². The van der Waals surface area contributed by atoms with Crippen LogP contribution in [0, 0.1) is 0 Å². The van der Waals surface area contributed by atoms with E-state index in [0.29, 0.717) is 5.02 Å². The highest BCUT2D eigenvalue weighted by molar-refractivity contribution is 6.31. The molecule has 4 heteroatoms. The van der Waals surface area contributed by atoms with Gasteiger partial charge in [0.25, 0.3) is 0 Å². The average Bonchev–Trinajstić information content (AvgIpc) is 2.52. The molecule has 0 saturated heterocycles. The van der Waals surface area contributed by atoms with Crippen LogP contribution in [-0.4, -0.2) is 20.2 Å². The minimum absolute atomic E-state index is 0.280. The summed E-state index contributed by atoms with van der Waals surface area (Å²) in [6, 6.07) is 13.3. The highest BCUT2D eigenvalue weighted by Gasteiger charge is 2.17. The molecule has 0 heterocycles. The first-order chi connectivity index (χ1) is 10.0. The number of carbonyl (C=O) groups excluding carboxylic acids is 1. The molecule has 0 spiro atoms. The molecule has 0 aliphatic rings. The summed E-state index contributed by atoms with van der Waals surface area (Å²) in [6.07, 6.45) is 0. The lowest BCUT2D eigenvalue weighted by atomic mass is 9.96. The lowest BCUT2D eigenvalue weighted by Gasteiger charge is -2.12. The van der Waals surface area contributed by atoms with Gasteiger partial charge in [0.05, 0.1) is 20.1 Å². The van der Waals surface area contributed by atoms with E-state index in [0.717, 1.165) is 22.4 Å². The van der Waals surface area contributed by atoms with Gasteiger partial charge in [-0.1, -0.05) is 29.8 Å². The molecule has 0 aromatic heterocycles. The monoisotopic (exact) mass is 304 g/mol. The average molecular weight is 305 g/mol. The molecule has 0 unspecified atom stereocenters. The fourth-order valence-electron chi connectivity index (χ4n) is 2.13. The number of benzene rings is 2. The Morgan fingerprint density at radius 2 is 1.71 bits per heavy atom. The van der Waals surface area contributed by atoms with Crippen molar-refractivity contribution in [3.63, 3.8) is 0 Å². The summed E-state index contributed by atoms with van der Waals surface area (Å²) in [7, 11) is 3.01. The van der Waals surface area contributed by atoms with Crippen LogP contribution in [0.15, 0.2) is 42.5 Å². The molecule has 0 aliphatic carbocycles. The Bertz CT molecular complexity index is 635. The molecule has 1 atom stereocenters. The second-order valence-corrected chi connectivity index (χ2v) is 5.18. The zero-order valence-corrected chi connectivity index (χ0v) is 13.0. The number of halogens is 1. The number of rotatable bonds is 4. The maximum Gasteiger partial charge on any atom is 0.312 e. The van der Waals surface area contributed by atoms with Gasteiger partial charge in [0, 0.05) is 5.02 Å². The van der Waals surface area contributed by atoms with E-state index >= 15 is 0 Å². The Morgan fingerprint density at radius 3 is 2.29 bits per heavy atom. The van der Waals surface area contributed by atoms with E-state index in [9.17, 15) is 4.79 Å². The summed E-state index contributed by atoms with van der Waals surface area (Å²) in [5.74, 6) is 0.160. The molecule has 3 nitrogen and oxygen atoms in total. The lowest BCUT2D eigenvalue weighted by molar-refractivity contribution is -0.141. The first kappa shape index (κ1) is 15.4. The van der Waals surface area contributed by atoms with Gasteiger partial charge in [0.1, 0.15) is 5.75 Å². The van der Waals surface area contributed by atoms with Gasteiger partial charge in [-0.05, 0) is 47.9 Å². The van der Waals surface area contributed by atoms with Crippen molar-refractivity contribution >= 4 is 17.6 Å². The minimum atomic E-state index is -0.356. The zero-order valence-electron chi connectivity index (χ0n) is 12.2. The van der Waals surface area contributed by atoms with E-state index in [2.05, 4.69) is 0 Å². The molecule has 0 fully saturated rings. The quantitative estimate of drug-likeness (QED) is 0.790. The maximum absolute atomic E-state index is 11.7. The fraction of sp³-hybridized carbons (Fsp3) is 0.235. The van der Waals surface area contributed by atoms with Gasteiger partial charge < -0.3 is 9.47 Å². The molecule has 2 rings (SSSR count). The summed E-state index contributed by atoms with van der Waals surface area (Å²) < 4.78 is 9.93. The lowest BCUT2D eigenvalue weighted by Crippen LogP contribution is -2.10. The van der Waals surface area contributed by atoms with Crippen molar-refractivity contribution in [1.82, 2.24) is 0 Å². The van der Waals surface area contributed by atoms with Crippen LogP contribution in [-0.2, 0) is 9.53 Å². The van der Waals surface area contributed by atoms with Crippen LogP contribution in [0.4, 0.5) is 0 Å². The van der Waals surface area contributed by atoms with Crippen molar-refractivity contribution in [3.8, 4) is 16.9 Å². The third kappa shape index (κ3) is 3.56. The van der Waals surface area contributed by atoms with Crippen molar-refractivity contribution in [2.24, 2.45) is 0 Å². The number of hydrogen-bond acceptors (Lipinski definition) is 3. The van der Waals surface area contributed by atoms with E-state index in [1.807, 2.05) is 36.4 Å². The first-order valence-corrected chi connectivity index (χ1v) is 6.95. The van der Waals surface area contributed by atoms with Gasteiger partial charge in [-0.25, -0.2) is 0 Å². The first-order valence-electron chi connectivity index (χ1n) is 6.58. The molecular weight excluding hydrogens is 288 g/mol. The highest BCUT2D eigenvalue weighted by atomic mass is 35.5. The predicted molar refractivity (Wildman–Crippen MR) is 83.9 cm³/mol. The fourth-order valence-corrected chi connectivity index (χ4v) is 2.37. The van der Waals surface area contributed by atoms with Gasteiger partial charge in [-0.2, -0.15) is 0 Å². The SMILES string of the molecule is COC(=O)[C@@H](C)c1cc(Cl)cc(-c2ccc(OC)cc2)c1. The summed E-state index contributed by atoms with van der Waals surface area (Å²) in [6.45, 7) is 1.80. The number of esters is 1. The van der Waals surface area contributed by atoms with Crippen molar-refractivity contribution < 1.29 is 14.3 Å². The van der Waals surface area contributed by atoms with Gasteiger partial charge in [0.2, 0.25) is 0 Å². The number of hydrogen-bond donors (Lipinski definition) is 0. The summed E-state index contributed by atoms with van der Waals surface area (Å²) in [4.78, 5) is 11.7. The standard InChI is InChI=1S/C17H17ClO3/c1-11(17(19)21-3)13-8-14(10-15(18)9-13)12-4-6-16(20-2)7-5-12/h4-11H,1-3H3/t11-/m0/s1. The Kier molecular flexibility index (Phi) is 4.86. The minimum Gasteiger partial charge on any atom is -0.497 e. The molecule has 110 valence electrons. The second kappa shape index (κ2) is 6.64. The van der Waals surface area contributed by atoms with E-state index in [1.165, 1.54) is 7.11 Å². The van der Waals surface area contributed by atoms with Crippen LogP contribution >= 0.6 is 11.6 Å². The third-order valence-electron chi connectivity index (χ3n) is 3.40. The van der Waals surface area contributed by atoms with Crippen molar-refractivity contribution in [2.75, 3.05) is 14.2 Å². The van der Waals surface area contributed by atoms with Gasteiger partial charge in [-0.3, -0.25) is 4.79 Å². The molecule has 0 amide bonds. The molecule has 0 saturated carbocycles. The normalized spacial score (nSPS) is 11.8. The van der Waals surface area contributed by atoms with Crippen molar-refractivity contribution in [2.45, 2.75) is 12.8 Å². The van der Waals surface area contributed by atoms with Gasteiger partial charge >= 0.3 is 5.97 Å². The molecule has 0 radical (unpaired) electrons. The van der Waals surface area contributed by atoms with Crippen LogP contribution < -0.4 is 4.74 Å². The maximum atomic E-state index is 11.7. The highest BCUT2D eigenvalue weighted by Crippen LogP contribution is 2.29. The summed E-state index contributed by atoms with van der Waals surface area (Å²) in [5, 5.41) is 0.592. The summed E-state index contributed by atoms with van der Waals surface area (Å²) in [5.41, 5.74) is 2.80. The van der Waals surface area contributed by atoms with Crippen molar-refractivity contribution in [1.29, 1.82) is 0 Å². The number of methoxy groups -OCH3 is 2. The zero-order chi connectivity index (χ0) is 15.4. The van der Waals surface area contributed by atoms with Crippen LogP contribution in [0.1, 0.15) is 18.4 Å². The van der Waals surface area contributed by atoms with E-state index in [-0.39, 0.29) is 11.9 Å². The second-order valence-electron chi connectivity index (χ2n) is 4.75. The molecule has 0 bridgehead atoms. The Hall–Kier alpha value is -2.00. The van der Waals surface area contributed by atoms with Crippen molar-refractivity contribution in [3.05, 3.63) is 53.1 Å². The Labute approximate surface area is 129 Å². The van der Waals surface area contributed by atoms with Crippen LogP contribution in [0.25, 0.3) is 11.1 Å². The van der Waals surface area contributed by atoms with E-state index in [4.69, 9.17) is 21.1 Å². The smallest absolute Gasteiger partial charge is 0.312 e. The van der Waals surface area contributed by atoms with E-state index < -0.39 is 0 Å². The number of carbonyl (C=O) groups is 1. The Morgan fingerprint density at radius 1 is 1.05 bits per heavy atom. The summed E-state index contributed by atoms with van der Waals surface area (Å²) >= 11 is 6.17. The predicted octanol–water partition coefficient (Wildman–Crippen LogP) is 4.29. The van der Waals surface area contributed by atoms with Crippen LogP contribution in [0.2, 0.25) is 5.02 Å². The number of ether oxygens (including phenoxy) is 2. The largest absolute Gasteiger partial charge is 0.497 e. The molecule has 21 heavy (non-hydrogen) atoms. The Balaban J connectivity index is 2.40. The molecular formula is C17H17ClO3.